The predicted molar refractivity (Wildman–Crippen MR) is 125 cm³/mol. The summed E-state index contributed by atoms with van der Waals surface area (Å²) >= 11 is 3.21. The lowest BCUT2D eigenvalue weighted by molar-refractivity contribution is 0.0937. The summed E-state index contributed by atoms with van der Waals surface area (Å²) in [4.78, 5) is 24.5. The molecule has 1 amide bonds. The molecule has 0 bridgehead atoms. The molecule has 5 rings (SSSR count). The monoisotopic (exact) mass is 452 g/mol. The van der Waals surface area contributed by atoms with Gasteiger partial charge in [0.15, 0.2) is 11.5 Å². The van der Waals surface area contributed by atoms with E-state index in [1.54, 1.807) is 11.8 Å². The van der Waals surface area contributed by atoms with Crippen molar-refractivity contribution < 1.29 is 4.79 Å². The molecule has 4 heterocycles. The molecule has 4 aromatic rings. The third-order valence-electron chi connectivity index (χ3n) is 5.70. The Bertz CT molecular complexity index is 1280. The maximum Gasteiger partial charge on any atom is 0.262 e. The number of amides is 1. The summed E-state index contributed by atoms with van der Waals surface area (Å²) in [5, 5.41) is 12.9. The topological polar surface area (TPSA) is 85.1 Å². The van der Waals surface area contributed by atoms with Gasteiger partial charge in [-0.1, -0.05) is 6.07 Å². The number of carbonyl (C=O) groups is 1. The van der Waals surface area contributed by atoms with Crippen molar-refractivity contribution in [3.63, 3.8) is 0 Å². The first-order valence-electron chi connectivity index (χ1n) is 10.4. The standard InChI is InChI=1S/C22H24N6OS2/c1-12-17-13(2)23-19(14-7-8-14)25-22(17)31-18(12)21(29)24-15(9-11-30-3)20-27-26-16-6-4-5-10-28(16)20/h4-6,10,14-15H,7-9,11H2,1-3H3,(H,24,29). The average Bonchev–Trinajstić information content (AvgIpc) is 3.44. The minimum Gasteiger partial charge on any atom is -0.341 e. The van der Waals surface area contributed by atoms with Crippen molar-refractivity contribution in [2.75, 3.05) is 12.0 Å². The fourth-order valence-electron chi connectivity index (χ4n) is 3.92. The van der Waals surface area contributed by atoms with Gasteiger partial charge >= 0.3 is 0 Å². The van der Waals surface area contributed by atoms with E-state index in [0.717, 1.165) is 63.8 Å². The Labute approximate surface area is 188 Å². The van der Waals surface area contributed by atoms with Gasteiger partial charge in [-0.3, -0.25) is 9.20 Å². The number of nitrogens with one attached hydrogen (secondary N) is 1. The zero-order chi connectivity index (χ0) is 21.5. The van der Waals surface area contributed by atoms with Crippen LogP contribution in [0.3, 0.4) is 0 Å². The van der Waals surface area contributed by atoms with Gasteiger partial charge in [0, 0.05) is 17.5 Å². The van der Waals surface area contributed by atoms with Crippen molar-refractivity contribution in [2.45, 2.75) is 45.1 Å². The molecule has 0 saturated heterocycles. The van der Waals surface area contributed by atoms with E-state index in [9.17, 15) is 4.79 Å². The number of thiophene rings is 1. The second-order valence-corrected chi connectivity index (χ2v) is 9.96. The van der Waals surface area contributed by atoms with Crippen LogP contribution in [0.1, 0.15) is 63.8 Å². The van der Waals surface area contributed by atoms with Crippen LogP contribution in [0, 0.1) is 13.8 Å². The number of nitrogens with zero attached hydrogens (tertiary/aromatic N) is 5. The van der Waals surface area contributed by atoms with E-state index < -0.39 is 0 Å². The summed E-state index contributed by atoms with van der Waals surface area (Å²) in [6, 6.07) is 5.57. The molecule has 1 unspecified atom stereocenters. The number of thioether (sulfide) groups is 1. The maximum atomic E-state index is 13.4. The van der Waals surface area contributed by atoms with Crippen LogP contribution in [0.25, 0.3) is 15.9 Å². The first kappa shape index (κ1) is 20.4. The highest BCUT2D eigenvalue weighted by Crippen LogP contribution is 2.40. The molecule has 4 aromatic heterocycles. The summed E-state index contributed by atoms with van der Waals surface area (Å²) in [5.74, 6) is 2.98. The molecule has 0 aromatic carbocycles. The third kappa shape index (κ3) is 3.80. The number of rotatable bonds is 7. The van der Waals surface area contributed by atoms with Gasteiger partial charge < -0.3 is 5.32 Å². The van der Waals surface area contributed by atoms with Crippen LogP contribution >= 0.6 is 23.1 Å². The zero-order valence-electron chi connectivity index (χ0n) is 17.8. The van der Waals surface area contributed by atoms with E-state index in [1.165, 1.54) is 11.3 Å². The van der Waals surface area contributed by atoms with Gasteiger partial charge in [0.2, 0.25) is 0 Å². The van der Waals surface area contributed by atoms with Gasteiger partial charge in [0.05, 0.1) is 16.6 Å². The van der Waals surface area contributed by atoms with Crippen LogP contribution in [0.5, 0.6) is 0 Å². The van der Waals surface area contributed by atoms with E-state index in [4.69, 9.17) is 9.97 Å². The molecule has 1 saturated carbocycles. The van der Waals surface area contributed by atoms with Crippen LogP contribution in [0.2, 0.25) is 0 Å². The van der Waals surface area contributed by atoms with Crippen molar-refractivity contribution >= 4 is 44.9 Å². The lowest BCUT2D eigenvalue weighted by Gasteiger charge is -2.17. The van der Waals surface area contributed by atoms with Gasteiger partial charge in [-0.15, -0.1) is 21.5 Å². The molecule has 1 N–H and O–H groups in total. The Morgan fingerprint density at radius 1 is 1.29 bits per heavy atom. The van der Waals surface area contributed by atoms with Crippen molar-refractivity contribution in [1.29, 1.82) is 0 Å². The first-order valence-corrected chi connectivity index (χ1v) is 12.6. The highest BCUT2D eigenvalue weighted by molar-refractivity contribution is 7.98. The fourth-order valence-corrected chi connectivity index (χ4v) is 5.54. The summed E-state index contributed by atoms with van der Waals surface area (Å²) < 4.78 is 1.95. The lowest BCUT2D eigenvalue weighted by Crippen LogP contribution is -2.30. The number of carbonyl (C=O) groups excluding carboxylic acids is 1. The highest BCUT2D eigenvalue weighted by atomic mass is 32.2. The molecule has 31 heavy (non-hydrogen) atoms. The molecule has 1 aliphatic rings. The minimum absolute atomic E-state index is 0.0911. The van der Waals surface area contributed by atoms with Crippen molar-refractivity contribution in [1.82, 2.24) is 29.9 Å². The van der Waals surface area contributed by atoms with Gasteiger partial charge in [-0.05, 0) is 62.8 Å². The van der Waals surface area contributed by atoms with Crippen LogP contribution in [-0.4, -0.2) is 42.5 Å². The van der Waals surface area contributed by atoms with E-state index in [1.807, 2.05) is 42.6 Å². The van der Waals surface area contributed by atoms with Crippen LogP contribution in [-0.2, 0) is 0 Å². The number of hydrogen-bond donors (Lipinski definition) is 1. The van der Waals surface area contributed by atoms with Crippen molar-refractivity contribution in [2.24, 2.45) is 0 Å². The number of fused-ring (bicyclic) bond motifs is 2. The molecule has 0 spiro atoms. The molecule has 1 aliphatic carbocycles. The summed E-state index contributed by atoms with van der Waals surface area (Å²) in [6.45, 7) is 4.01. The molecule has 0 aliphatic heterocycles. The molecule has 9 heteroatoms. The molecule has 1 fully saturated rings. The maximum absolute atomic E-state index is 13.4. The SMILES string of the molecule is CSCCC(NC(=O)c1sc2nc(C3CC3)nc(C)c2c1C)c1nnc2ccccn12. The van der Waals surface area contributed by atoms with E-state index in [0.29, 0.717) is 10.8 Å². The Kier molecular flexibility index (Phi) is 5.39. The quantitative estimate of drug-likeness (QED) is 0.446. The summed E-state index contributed by atoms with van der Waals surface area (Å²) in [6.07, 6.45) is 7.09. The van der Waals surface area contributed by atoms with Gasteiger partial charge in [-0.25, -0.2) is 9.97 Å². The van der Waals surface area contributed by atoms with Gasteiger partial charge in [0.25, 0.3) is 5.91 Å². The second kappa shape index (κ2) is 8.20. The van der Waals surface area contributed by atoms with Crippen LogP contribution in [0.4, 0.5) is 0 Å². The second-order valence-electron chi connectivity index (χ2n) is 7.97. The number of aromatic nitrogens is 5. The van der Waals surface area contributed by atoms with Gasteiger partial charge in [0.1, 0.15) is 10.7 Å². The van der Waals surface area contributed by atoms with E-state index >= 15 is 0 Å². The fraction of sp³-hybridized carbons (Fsp3) is 0.409. The van der Waals surface area contributed by atoms with E-state index in [2.05, 4.69) is 21.8 Å². The van der Waals surface area contributed by atoms with Crippen molar-refractivity contribution in [3.8, 4) is 0 Å². The Balaban J connectivity index is 1.48. The van der Waals surface area contributed by atoms with Crippen LogP contribution < -0.4 is 5.32 Å². The molecule has 1 atom stereocenters. The Morgan fingerprint density at radius 2 is 2.13 bits per heavy atom. The molecule has 0 radical (unpaired) electrons. The van der Waals surface area contributed by atoms with Crippen molar-refractivity contribution in [3.05, 3.63) is 52.2 Å². The Hall–Kier alpha value is -2.52. The summed E-state index contributed by atoms with van der Waals surface area (Å²) in [5.41, 5.74) is 2.69. The molecule has 7 nitrogen and oxygen atoms in total. The number of hydrogen-bond acceptors (Lipinski definition) is 7. The zero-order valence-corrected chi connectivity index (χ0v) is 19.4. The predicted octanol–water partition coefficient (Wildman–Crippen LogP) is 4.45. The third-order valence-corrected chi connectivity index (χ3v) is 7.53. The lowest BCUT2D eigenvalue weighted by atomic mass is 10.1. The smallest absolute Gasteiger partial charge is 0.262 e. The largest absolute Gasteiger partial charge is 0.341 e. The normalized spacial score (nSPS) is 14.9. The molecular weight excluding hydrogens is 428 g/mol. The van der Waals surface area contributed by atoms with Crippen LogP contribution in [0.15, 0.2) is 24.4 Å². The summed E-state index contributed by atoms with van der Waals surface area (Å²) in [7, 11) is 0. The van der Waals surface area contributed by atoms with Gasteiger partial charge in [-0.2, -0.15) is 11.8 Å². The van der Waals surface area contributed by atoms with E-state index in [-0.39, 0.29) is 11.9 Å². The minimum atomic E-state index is -0.226. The molecule has 160 valence electrons. The Morgan fingerprint density at radius 3 is 2.90 bits per heavy atom. The first-order chi connectivity index (χ1) is 15.1. The number of aryl methyl sites for hydroxylation is 2. The highest BCUT2D eigenvalue weighted by Gasteiger charge is 2.29. The average molecular weight is 453 g/mol. The number of pyridine rings is 1. The molecular formula is C22H24N6OS2.